The van der Waals surface area contributed by atoms with Gasteiger partial charge in [0.1, 0.15) is 11.5 Å². The molecular formula is C22H27N3O5S. The number of carbonyl (C=O) groups excluding carboxylic acids is 2. The number of carbonyl (C=O) groups is 2. The molecule has 0 aliphatic carbocycles. The highest BCUT2D eigenvalue weighted by molar-refractivity contribution is 7.90. The van der Waals surface area contributed by atoms with Crippen LogP contribution in [0.3, 0.4) is 0 Å². The molecule has 9 heteroatoms. The van der Waals surface area contributed by atoms with Gasteiger partial charge in [-0.3, -0.25) is 4.79 Å². The molecule has 0 spiro atoms. The van der Waals surface area contributed by atoms with E-state index in [0.29, 0.717) is 26.2 Å². The molecule has 8 nitrogen and oxygen atoms in total. The Kier molecular flexibility index (Phi) is 6.31. The molecule has 0 atom stereocenters. The molecule has 31 heavy (non-hydrogen) atoms. The standard InChI is InChI=1S/C22H27N3O5S/c26-21(23-13-15-25(16-14-23)22(27)24-11-5-2-6-12-24)20-10-9-18(30-20)17-31(28,29)19-7-3-1-4-8-19/h1,3-4,7-10H,2,5-6,11-17H2. The minimum absolute atomic E-state index is 0.0539. The summed E-state index contributed by atoms with van der Waals surface area (Å²) in [7, 11) is -3.55. The highest BCUT2D eigenvalue weighted by atomic mass is 32.2. The van der Waals surface area contributed by atoms with Gasteiger partial charge in [-0.25, -0.2) is 13.2 Å². The minimum Gasteiger partial charge on any atom is -0.455 e. The van der Waals surface area contributed by atoms with E-state index >= 15 is 0 Å². The normalized spacial score (nSPS) is 17.6. The average Bonchev–Trinajstić information content (AvgIpc) is 3.27. The lowest BCUT2D eigenvalue weighted by atomic mass is 10.1. The summed E-state index contributed by atoms with van der Waals surface area (Å²) in [6.45, 7) is 3.43. The van der Waals surface area contributed by atoms with Crippen LogP contribution in [0.5, 0.6) is 0 Å². The third-order valence-electron chi connectivity index (χ3n) is 5.77. The lowest BCUT2D eigenvalue weighted by Crippen LogP contribution is -2.54. The second-order valence-corrected chi connectivity index (χ2v) is 9.94. The second kappa shape index (κ2) is 9.13. The Balaban J connectivity index is 1.34. The van der Waals surface area contributed by atoms with Crippen molar-refractivity contribution in [2.45, 2.75) is 29.9 Å². The first-order valence-electron chi connectivity index (χ1n) is 10.6. The summed E-state index contributed by atoms with van der Waals surface area (Å²) in [4.78, 5) is 31.0. The van der Waals surface area contributed by atoms with Crippen molar-refractivity contribution in [3.05, 3.63) is 54.0 Å². The third-order valence-corrected chi connectivity index (χ3v) is 7.43. The summed E-state index contributed by atoms with van der Waals surface area (Å²) in [5, 5.41) is 0. The first-order chi connectivity index (χ1) is 14.9. The Morgan fingerprint density at radius 2 is 1.39 bits per heavy atom. The summed E-state index contributed by atoms with van der Waals surface area (Å²) >= 11 is 0. The van der Waals surface area contributed by atoms with E-state index in [1.54, 1.807) is 28.0 Å². The van der Waals surface area contributed by atoms with Gasteiger partial charge in [-0.2, -0.15) is 0 Å². The Hall–Kier alpha value is -2.81. The zero-order valence-corrected chi connectivity index (χ0v) is 18.2. The number of furan rings is 1. The number of likely N-dealkylation sites (tertiary alicyclic amines) is 1. The lowest BCUT2D eigenvalue weighted by Gasteiger charge is -2.38. The number of nitrogens with zero attached hydrogens (tertiary/aromatic N) is 3. The number of amides is 3. The van der Waals surface area contributed by atoms with Crippen molar-refractivity contribution in [3.8, 4) is 0 Å². The SMILES string of the molecule is O=C(c1ccc(CS(=O)(=O)c2ccccc2)o1)N1CCN(C(=O)N2CCCCC2)CC1. The highest BCUT2D eigenvalue weighted by Gasteiger charge is 2.29. The van der Waals surface area contributed by atoms with Crippen LogP contribution in [0.4, 0.5) is 4.79 Å². The Labute approximate surface area is 182 Å². The molecule has 2 saturated heterocycles. The summed E-state index contributed by atoms with van der Waals surface area (Å²) in [5.74, 6) is -0.240. The molecule has 3 heterocycles. The number of rotatable bonds is 4. The van der Waals surface area contributed by atoms with Gasteiger partial charge in [0.15, 0.2) is 15.6 Å². The van der Waals surface area contributed by atoms with Crippen LogP contribution < -0.4 is 0 Å². The molecule has 0 unspecified atom stereocenters. The first kappa shape index (κ1) is 21.4. The van der Waals surface area contributed by atoms with E-state index in [9.17, 15) is 18.0 Å². The minimum atomic E-state index is -3.55. The van der Waals surface area contributed by atoms with Crippen LogP contribution in [-0.2, 0) is 15.6 Å². The van der Waals surface area contributed by atoms with Gasteiger partial charge in [-0.1, -0.05) is 18.2 Å². The fourth-order valence-corrected chi connectivity index (χ4v) is 5.28. The van der Waals surface area contributed by atoms with E-state index in [0.717, 1.165) is 25.9 Å². The zero-order chi connectivity index (χ0) is 21.8. The zero-order valence-electron chi connectivity index (χ0n) is 17.4. The fraction of sp³-hybridized carbons (Fsp3) is 0.455. The van der Waals surface area contributed by atoms with Gasteiger partial charge in [-0.05, 0) is 43.5 Å². The molecule has 0 saturated carbocycles. The summed E-state index contributed by atoms with van der Waals surface area (Å²) in [6, 6.07) is 11.3. The molecule has 1 aromatic carbocycles. The molecular weight excluding hydrogens is 418 g/mol. The van der Waals surface area contributed by atoms with Crippen molar-refractivity contribution in [1.82, 2.24) is 14.7 Å². The van der Waals surface area contributed by atoms with Gasteiger partial charge in [-0.15, -0.1) is 0 Å². The molecule has 2 aliphatic rings. The van der Waals surface area contributed by atoms with Crippen LogP contribution in [0.1, 0.15) is 35.6 Å². The van der Waals surface area contributed by atoms with E-state index in [1.165, 1.54) is 30.7 Å². The maximum atomic E-state index is 12.8. The van der Waals surface area contributed by atoms with Crippen LogP contribution in [-0.4, -0.2) is 74.3 Å². The predicted molar refractivity (Wildman–Crippen MR) is 114 cm³/mol. The Morgan fingerprint density at radius 1 is 0.774 bits per heavy atom. The van der Waals surface area contributed by atoms with Crippen molar-refractivity contribution in [3.63, 3.8) is 0 Å². The van der Waals surface area contributed by atoms with Crippen molar-refractivity contribution < 1.29 is 22.4 Å². The molecule has 166 valence electrons. The molecule has 2 aromatic rings. The maximum Gasteiger partial charge on any atom is 0.320 e. The number of piperidine rings is 1. The van der Waals surface area contributed by atoms with Crippen molar-refractivity contribution in [1.29, 1.82) is 0 Å². The monoisotopic (exact) mass is 445 g/mol. The summed E-state index contributed by atoms with van der Waals surface area (Å²) in [5.41, 5.74) is 0. The maximum absolute atomic E-state index is 12.8. The van der Waals surface area contributed by atoms with E-state index in [-0.39, 0.29) is 34.1 Å². The smallest absolute Gasteiger partial charge is 0.320 e. The number of sulfone groups is 1. The number of piperazine rings is 1. The van der Waals surface area contributed by atoms with Crippen LogP contribution in [0, 0.1) is 0 Å². The van der Waals surface area contributed by atoms with Gasteiger partial charge in [0.2, 0.25) is 0 Å². The molecule has 0 N–H and O–H groups in total. The van der Waals surface area contributed by atoms with Crippen molar-refractivity contribution >= 4 is 21.8 Å². The van der Waals surface area contributed by atoms with Crippen LogP contribution in [0.15, 0.2) is 51.8 Å². The van der Waals surface area contributed by atoms with Crippen LogP contribution >= 0.6 is 0 Å². The van der Waals surface area contributed by atoms with E-state index in [1.807, 2.05) is 4.90 Å². The molecule has 1 aromatic heterocycles. The van der Waals surface area contributed by atoms with Crippen molar-refractivity contribution in [2.75, 3.05) is 39.3 Å². The molecule has 0 radical (unpaired) electrons. The average molecular weight is 446 g/mol. The van der Waals surface area contributed by atoms with E-state index < -0.39 is 9.84 Å². The van der Waals surface area contributed by atoms with Crippen molar-refractivity contribution in [2.24, 2.45) is 0 Å². The Bertz CT molecular complexity index is 1020. The van der Waals surface area contributed by atoms with Crippen LogP contribution in [0.2, 0.25) is 0 Å². The van der Waals surface area contributed by atoms with Gasteiger partial charge in [0.05, 0.1) is 4.90 Å². The third kappa shape index (κ3) is 4.92. The summed E-state index contributed by atoms with van der Waals surface area (Å²) < 4.78 is 30.6. The van der Waals surface area contributed by atoms with Gasteiger partial charge >= 0.3 is 6.03 Å². The molecule has 2 aliphatic heterocycles. The van der Waals surface area contributed by atoms with Crippen LogP contribution in [0.25, 0.3) is 0 Å². The first-order valence-corrected chi connectivity index (χ1v) is 12.3. The Morgan fingerprint density at radius 3 is 2.06 bits per heavy atom. The van der Waals surface area contributed by atoms with E-state index in [2.05, 4.69) is 0 Å². The molecule has 3 amide bonds. The quantitative estimate of drug-likeness (QED) is 0.722. The molecule has 0 bridgehead atoms. The number of hydrogen-bond donors (Lipinski definition) is 0. The number of hydrogen-bond acceptors (Lipinski definition) is 5. The van der Waals surface area contributed by atoms with Gasteiger partial charge in [0.25, 0.3) is 5.91 Å². The summed E-state index contributed by atoms with van der Waals surface area (Å²) in [6.07, 6.45) is 3.26. The fourth-order valence-electron chi connectivity index (χ4n) is 4.01. The lowest BCUT2D eigenvalue weighted by molar-refractivity contribution is 0.0602. The van der Waals surface area contributed by atoms with E-state index in [4.69, 9.17) is 4.42 Å². The second-order valence-electron chi connectivity index (χ2n) is 7.95. The molecule has 2 fully saturated rings. The van der Waals surface area contributed by atoms with Gasteiger partial charge in [0, 0.05) is 39.3 Å². The predicted octanol–water partition coefficient (Wildman–Crippen LogP) is 2.62. The topological polar surface area (TPSA) is 91.1 Å². The number of benzene rings is 1. The molecule has 4 rings (SSSR count). The van der Waals surface area contributed by atoms with Gasteiger partial charge < -0.3 is 19.1 Å². The number of urea groups is 1. The highest BCUT2D eigenvalue weighted by Crippen LogP contribution is 2.20. The largest absolute Gasteiger partial charge is 0.455 e.